The van der Waals surface area contributed by atoms with Crippen LogP contribution in [-0.4, -0.2) is 27.3 Å². The first kappa shape index (κ1) is 11.3. The van der Waals surface area contributed by atoms with Crippen LogP contribution in [-0.2, 0) is 9.05 Å². The molecule has 1 N–H and O–H groups in total. The second-order valence-corrected chi connectivity index (χ2v) is 6.61. The van der Waals surface area contributed by atoms with Crippen LogP contribution >= 0.6 is 10.7 Å². The van der Waals surface area contributed by atoms with Gasteiger partial charge in [0.25, 0.3) is 0 Å². The Morgan fingerprint density at radius 2 is 2.31 bits per heavy atom. The van der Waals surface area contributed by atoms with Crippen molar-refractivity contribution in [3.8, 4) is 0 Å². The zero-order valence-corrected chi connectivity index (χ0v) is 9.37. The fourth-order valence-corrected chi connectivity index (χ4v) is 3.31. The van der Waals surface area contributed by atoms with E-state index in [1.54, 1.807) is 0 Å². The van der Waals surface area contributed by atoms with Gasteiger partial charge >= 0.3 is 0 Å². The minimum absolute atomic E-state index is 0.0981. The van der Waals surface area contributed by atoms with Crippen molar-refractivity contribution in [1.29, 1.82) is 0 Å². The number of nitrogens with one attached hydrogen (secondary N) is 1. The fraction of sp³-hybridized carbons (Fsp3) is 1.00. The minimum atomic E-state index is -3.33. The van der Waals surface area contributed by atoms with Crippen LogP contribution in [0.3, 0.4) is 0 Å². The Labute approximate surface area is 84.3 Å². The number of piperidine rings is 1. The van der Waals surface area contributed by atoms with Gasteiger partial charge < -0.3 is 5.32 Å². The lowest BCUT2D eigenvalue weighted by molar-refractivity contribution is 0.298. The molecular formula is C8H16ClNO2S. The van der Waals surface area contributed by atoms with Gasteiger partial charge in [-0.05, 0) is 37.8 Å². The predicted octanol–water partition coefficient (Wildman–Crippen LogP) is 1.19. The van der Waals surface area contributed by atoms with E-state index < -0.39 is 9.05 Å². The molecule has 2 unspecified atom stereocenters. The van der Waals surface area contributed by atoms with Crippen molar-refractivity contribution in [1.82, 2.24) is 5.32 Å². The SMILES string of the molecule is CC(CS(=O)(=O)Cl)C1CCCNC1. The summed E-state index contributed by atoms with van der Waals surface area (Å²) in [5, 5.41) is 3.26. The van der Waals surface area contributed by atoms with Crippen LogP contribution in [0, 0.1) is 11.8 Å². The van der Waals surface area contributed by atoms with E-state index in [4.69, 9.17) is 10.7 Å². The van der Waals surface area contributed by atoms with E-state index in [0.717, 1.165) is 25.9 Å². The first-order valence-electron chi connectivity index (χ1n) is 4.62. The number of rotatable bonds is 3. The highest BCUT2D eigenvalue weighted by Crippen LogP contribution is 2.21. The highest BCUT2D eigenvalue weighted by Gasteiger charge is 2.23. The lowest BCUT2D eigenvalue weighted by Crippen LogP contribution is -2.35. The van der Waals surface area contributed by atoms with Crippen molar-refractivity contribution in [2.75, 3.05) is 18.8 Å². The van der Waals surface area contributed by atoms with Gasteiger partial charge in [0.05, 0.1) is 5.75 Å². The molecule has 0 amide bonds. The molecule has 1 saturated heterocycles. The Kier molecular flexibility index (Phi) is 4.01. The normalized spacial score (nSPS) is 27.1. The molecule has 0 aromatic heterocycles. The Hall–Kier alpha value is 0.200. The summed E-state index contributed by atoms with van der Waals surface area (Å²) in [6, 6.07) is 0. The Bertz CT molecular complexity index is 247. The Morgan fingerprint density at radius 3 is 2.77 bits per heavy atom. The molecule has 1 fully saturated rings. The summed E-state index contributed by atoms with van der Waals surface area (Å²) in [7, 11) is 1.87. The molecule has 0 aliphatic carbocycles. The van der Waals surface area contributed by atoms with E-state index in [-0.39, 0.29) is 11.7 Å². The fourth-order valence-electron chi connectivity index (χ4n) is 1.81. The number of hydrogen-bond acceptors (Lipinski definition) is 3. The van der Waals surface area contributed by atoms with Gasteiger partial charge in [-0.25, -0.2) is 8.42 Å². The molecule has 0 saturated carbocycles. The second-order valence-electron chi connectivity index (χ2n) is 3.79. The molecule has 1 aliphatic rings. The van der Waals surface area contributed by atoms with Gasteiger partial charge in [-0.2, -0.15) is 0 Å². The highest BCUT2D eigenvalue weighted by atomic mass is 35.7. The van der Waals surface area contributed by atoms with Gasteiger partial charge in [0.2, 0.25) is 9.05 Å². The first-order valence-corrected chi connectivity index (χ1v) is 7.10. The maximum atomic E-state index is 10.8. The first-order chi connectivity index (χ1) is 5.99. The number of hydrogen-bond donors (Lipinski definition) is 1. The summed E-state index contributed by atoms with van der Waals surface area (Å²) in [6.45, 7) is 3.93. The van der Waals surface area contributed by atoms with Crippen molar-refractivity contribution in [3.05, 3.63) is 0 Å². The van der Waals surface area contributed by atoms with Crippen molar-refractivity contribution >= 4 is 19.7 Å². The Balaban J connectivity index is 2.42. The van der Waals surface area contributed by atoms with E-state index in [9.17, 15) is 8.42 Å². The minimum Gasteiger partial charge on any atom is -0.316 e. The summed E-state index contributed by atoms with van der Waals surface area (Å²) in [6.07, 6.45) is 2.25. The summed E-state index contributed by atoms with van der Waals surface area (Å²) in [5.41, 5.74) is 0. The largest absolute Gasteiger partial charge is 0.316 e. The van der Waals surface area contributed by atoms with Gasteiger partial charge in [-0.15, -0.1) is 0 Å². The molecule has 1 aliphatic heterocycles. The van der Waals surface area contributed by atoms with Crippen LogP contribution in [0.2, 0.25) is 0 Å². The van der Waals surface area contributed by atoms with Crippen LogP contribution in [0.5, 0.6) is 0 Å². The van der Waals surface area contributed by atoms with E-state index in [0.29, 0.717) is 5.92 Å². The standard InChI is InChI=1S/C8H16ClNO2S/c1-7(6-13(9,11)12)8-3-2-4-10-5-8/h7-8,10H,2-6H2,1H3. The third kappa shape index (κ3) is 4.29. The van der Waals surface area contributed by atoms with E-state index in [1.807, 2.05) is 6.92 Å². The van der Waals surface area contributed by atoms with Gasteiger partial charge in [0, 0.05) is 10.7 Å². The van der Waals surface area contributed by atoms with Crippen molar-refractivity contribution in [2.24, 2.45) is 11.8 Å². The molecule has 13 heavy (non-hydrogen) atoms. The topological polar surface area (TPSA) is 46.2 Å². The molecule has 2 atom stereocenters. The number of halogens is 1. The zero-order chi connectivity index (χ0) is 9.90. The molecule has 5 heteroatoms. The van der Waals surface area contributed by atoms with Crippen LogP contribution in [0.15, 0.2) is 0 Å². The smallest absolute Gasteiger partial charge is 0.232 e. The van der Waals surface area contributed by atoms with Gasteiger partial charge in [0.1, 0.15) is 0 Å². The second kappa shape index (κ2) is 4.62. The summed E-state index contributed by atoms with van der Waals surface area (Å²) < 4.78 is 21.7. The van der Waals surface area contributed by atoms with Gasteiger partial charge in [0.15, 0.2) is 0 Å². The van der Waals surface area contributed by atoms with Crippen LogP contribution < -0.4 is 5.32 Å². The molecule has 78 valence electrons. The summed E-state index contributed by atoms with van der Waals surface area (Å²) in [5.74, 6) is 0.721. The maximum Gasteiger partial charge on any atom is 0.232 e. The van der Waals surface area contributed by atoms with Gasteiger partial charge in [-0.3, -0.25) is 0 Å². The van der Waals surface area contributed by atoms with E-state index in [2.05, 4.69) is 5.32 Å². The molecule has 0 aromatic carbocycles. The molecule has 0 aromatic rings. The summed E-state index contributed by atoms with van der Waals surface area (Å²) in [4.78, 5) is 0. The van der Waals surface area contributed by atoms with Crippen molar-refractivity contribution < 1.29 is 8.42 Å². The molecule has 0 bridgehead atoms. The van der Waals surface area contributed by atoms with Crippen molar-refractivity contribution in [2.45, 2.75) is 19.8 Å². The van der Waals surface area contributed by atoms with E-state index in [1.165, 1.54) is 0 Å². The zero-order valence-electron chi connectivity index (χ0n) is 7.79. The van der Waals surface area contributed by atoms with Crippen LogP contribution in [0.25, 0.3) is 0 Å². The third-order valence-electron chi connectivity index (χ3n) is 2.60. The molecule has 0 radical (unpaired) electrons. The molecule has 1 heterocycles. The van der Waals surface area contributed by atoms with Crippen LogP contribution in [0.4, 0.5) is 0 Å². The lowest BCUT2D eigenvalue weighted by Gasteiger charge is -2.27. The van der Waals surface area contributed by atoms with E-state index >= 15 is 0 Å². The molecule has 3 nitrogen and oxygen atoms in total. The molecule has 0 spiro atoms. The third-order valence-corrected chi connectivity index (χ3v) is 3.90. The average Bonchev–Trinajstić information content (AvgIpc) is 2.03. The lowest BCUT2D eigenvalue weighted by atomic mass is 9.89. The summed E-state index contributed by atoms with van der Waals surface area (Å²) >= 11 is 0. The molecule has 1 rings (SSSR count). The van der Waals surface area contributed by atoms with Crippen LogP contribution in [0.1, 0.15) is 19.8 Å². The Morgan fingerprint density at radius 1 is 1.62 bits per heavy atom. The average molecular weight is 226 g/mol. The van der Waals surface area contributed by atoms with Gasteiger partial charge in [-0.1, -0.05) is 6.92 Å². The quantitative estimate of drug-likeness (QED) is 0.734. The molecular weight excluding hydrogens is 210 g/mol. The highest BCUT2D eigenvalue weighted by molar-refractivity contribution is 8.13. The predicted molar refractivity (Wildman–Crippen MR) is 54.4 cm³/mol. The monoisotopic (exact) mass is 225 g/mol. The maximum absolute atomic E-state index is 10.8. The van der Waals surface area contributed by atoms with Crippen molar-refractivity contribution in [3.63, 3.8) is 0 Å².